The highest BCUT2D eigenvalue weighted by Crippen LogP contribution is 2.45. The molecule has 1 atom stereocenters. The summed E-state index contributed by atoms with van der Waals surface area (Å²) < 4.78 is 22.0. The lowest BCUT2D eigenvalue weighted by atomic mass is 9.95. The number of anilines is 1. The number of aliphatic hydroxyl groups is 1. The van der Waals surface area contributed by atoms with Gasteiger partial charge in [0.15, 0.2) is 11.5 Å². The van der Waals surface area contributed by atoms with E-state index in [0.717, 1.165) is 0 Å². The number of halogens is 1. The number of rotatable bonds is 7. The monoisotopic (exact) mass is 521 g/mol. The van der Waals surface area contributed by atoms with Crippen LogP contribution in [0.3, 0.4) is 0 Å². The minimum Gasteiger partial charge on any atom is -0.507 e. The Balaban J connectivity index is 1.69. The van der Waals surface area contributed by atoms with Gasteiger partial charge in [-0.15, -0.1) is 0 Å². The molecular weight excluding hydrogens is 498 g/mol. The summed E-state index contributed by atoms with van der Waals surface area (Å²) in [6, 6.07) is 15.8. The largest absolute Gasteiger partial charge is 0.507 e. The Hall–Kier alpha value is -4.17. The van der Waals surface area contributed by atoms with E-state index >= 15 is 0 Å². The molecule has 9 heteroatoms. The van der Waals surface area contributed by atoms with E-state index in [1.807, 2.05) is 13.8 Å². The van der Waals surface area contributed by atoms with E-state index in [-0.39, 0.29) is 23.0 Å². The number of carbonyl (C=O) groups excluding carboxylic acids is 2. The summed E-state index contributed by atoms with van der Waals surface area (Å²) >= 11 is 6.41. The SMILES string of the molecule is CCOc1ccc(C2/C(=C(\O)c3cc(OCC)ccc3Cl)C(=O)C(=O)N2c2ccc3c(c2)OCO3)cc1. The van der Waals surface area contributed by atoms with Gasteiger partial charge in [0.05, 0.1) is 29.9 Å². The number of benzene rings is 3. The van der Waals surface area contributed by atoms with Crippen LogP contribution in [-0.2, 0) is 9.59 Å². The summed E-state index contributed by atoms with van der Waals surface area (Å²) in [5.74, 6) is 0.0694. The van der Waals surface area contributed by atoms with Crippen molar-refractivity contribution in [3.05, 3.63) is 82.4 Å². The topological polar surface area (TPSA) is 94.5 Å². The Morgan fingerprint density at radius 1 is 0.946 bits per heavy atom. The van der Waals surface area contributed by atoms with Gasteiger partial charge < -0.3 is 24.1 Å². The van der Waals surface area contributed by atoms with Crippen molar-refractivity contribution in [1.82, 2.24) is 0 Å². The van der Waals surface area contributed by atoms with Crippen molar-refractivity contribution in [2.24, 2.45) is 0 Å². The molecule has 1 saturated heterocycles. The summed E-state index contributed by atoms with van der Waals surface area (Å²) in [4.78, 5) is 28.2. The van der Waals surface area contributed by atoms with Crippen LogP contribution in [-0.4, -0.2) is 36.8 Å². The molecule has 2 heterocycles. The first-order valence-electron chi connectivity index (χ1n) is 11.8. The summed E-state index contributed by atoms with van der Waals surface area (Å²) in [5, 5.41) is 11.7. The predicted molar refractivity (Wildman–Crippen MR) is 138 cm³/mol. The minimum absolute atomic E-state index is 0.0641. The minimum atomic E-state index is -0.942. The van der Waals surface area contributed by atoms with Gasteiger partial charge in [-0.25, -0.2) is 0 Å². The molecular formula is C28H24ClNO7. The zero-order valence-electron chi connectivity index (χ0n) is 20.2. The van der Waals surface area contributed by atoms with Crippen molar-refractivity contribution >= 4 is 34.7 Å². The van der Waals surface area contributed by atoms with Crippen LogP contribution in [0.25, 0.3) is 5.76 Å². The van der Waals surface area contributed by atoms with Crippen molar-refractivity contribution in [3.63, 3.8) is 0 Å². The van der Waals surface area contributed by atoms with E-state index in [1.165, 1.54) is 4.90 Å². The molecule has 0 aromatic heterocycles. The molecule has 0 saturated carbocycles. The number of ether oxygens (including phenoxy) is 4. The Labute approximate surface area is 218 Å². The highest BCUT2D eigenvalue weighted by Gasteiger charge is 2.47. The summed E-state index contributed by atoms with van der Waals surface area (Å²) in [6.45, 7) is 4.67. The lowest BCUT2D eigenvalue weighted by Crippen LogP contribution is -2.29. The van der Waals surface area contributed by atoms with Gasteiger partial charge in [0, 0.05) is 17.3 Å². The van der Waals surface area contributed by atoms with Crippen molar-refractivity contribution in [1.29, 1.82) is 0 Å². The van der Waals surface area contributed by atoms with Gasteiger partial charge in [0.2, 0.25) is 6.79 Å². The fourth-order valence-corrected chi connectivity index (χ4v) is 4.66. The number of ketones is 1. The number of carbonyl (C=O) groups is 2. The number of nitrogens with zero attached hydrogens (tertiary/aromatic N) is 1. The van der Waals surface area contributed by atoms with Crippen LogP contribution in [0.2, 0.25) is 5.02 Å². The molecule has 8 nitrogen and oxygen atoms in total. The zero-order chi connectivity index (χ0) is 26.1. The lowest BCUT2D eigenvalue weighted by Gasteiger charge is -2.26. The summed E-state index contributed by atoms with van der Waals surface area (Å²) in [6.07, 6.45) is 0. The molecule has 0 bridgehead atoms. The van der Waals surface area contributed by atoms with Gasteiger partial charge in [0.25, 0.3) is 11.7 Å². The maximum absolute atomic E-state index is 13.4. The summed E-state index contributed by atoms with van der Waals surface area (Å²) in [5.41, 5.74) is 1.10. The van der Waals surface area contributed by atoms with E-state index in [2.05, 4.69) is 0 Å². The normalized spacial score (nSPS) is 17.8. The van der Waals surface area contributed by atoms with E-state index in [0.29, 0.717) is 47.5 Å². The first-order valence-corrected chi connectivity index (χ1v) is 12.2. The second-order valence-electron chi connectivity index (χ2n) is 8.28. The van der Waals surface area contributed by atoms with Gasteiger partial charge in [-0.05, 0) is 61.9 Å². The Kier molecular flexibility index (Phi) is 6.67. The molecule has 5 rings (SSSR count). The Bertz CT molecular complexity index is 1400. The van der Waals surface area contributed by atoms with Gasteiger partial charge in [-0.1, -0.05) is 23.7 Å². The van der Waals surface area contributed by atoms with Crippen LogP contribution in [0, 0.1) is 0 Å². The maximum atomic E-state index is 13.4. The van der Waals surface area contributed by atoms with Crippen molar-refractivity contribution in [2.75, 3.05) is 24.9 Å². The van der Waals surface area contributed by atoms with Crippen molar-refractivity contribution in [2.45, 2.75) is 19.9 Å². The first-order chi connectivity index (χ1) is 17.9. The average Bonchev–Trinajstić information content (AvgIpc) is 3.47. The molecule has 1 amide bonds. The quantitative estimate of drug-likeness (QED) is 0.249. The second kappa shape index (κ2) is 10.1. The first kappa shape index (κ1) is 24.5. The molecule has 37 heavy (non-hydrogen) atoms. The Morgan fingerprint density at radius 2 is 1.62 bits per heavy atom. The fraction of sp³-hybridized carbons (Fsp3) is 0.214. The number of amides is 1. The zero-order valence-corrected chi connectivity index (χ0v) is 20.9. The molecule has 2 aliphatic heterocycles. The Morgan fingerprint density at radius 3 is 2.35 bits per heavy atom. The van der Waals surface area contributed by atoms with Crippen LogP contribution in [0.15, 0.2) is 66.2 Å². The molecule has 0 spiro atoms. The number of aliphatic hydroxyl groups excluding tert-OH is 1. The predicted octanol–water partition coefficient (Wildman–Crippen LogP) is 5.49. The third-order valence-corrected chi connectivity index (χ3v) is 6.42. The van der Waals surface area contributed by atoms with Crippen molar-refractivity contribution < 1.29 is 33.6 Å². The third-order valence-electron chi connectivity index (χ3n) is 6.09. The molecule has 1 N–H and O–H groups in total. The van der Waals surface area contributed by atoms with Crippen LogP contribution in [0.4, 0.5) is 5.69 Å². The highest BCUT2D eigenvalue weighted by atomic mass is 35.5. The lowest BCUT2D eigenvalue weighted by molar-refractivity contribution is -0.132. The second-order valence-corrected chi connectivity index (χ2v) is 8.69. The molecule has 0 aliphatic carbocycles. The van der Waals surface area contributed by atoms with E-state index in [1.54, 1.807) is 60.7 Å². The van der Waals surface area contributed by atoms with Gasteiger partial charge >= 0.3 is 0 Å². The fourth-order valence-electron chi connectivity index (χ4n) is 4.45. The van der Waals surface area contributed by atoms with Crippen LogP contribution < -0.4 is 23.8 Å². The molecule has 2 aliphatic rings. The smallest absolute Gasteiger partial charge is 0.300 e. The van der Waals surface area contributed by atoms with Gasteiger partial charge in [0.1, 0.15) is 17.3 Å². The standard InChI is InChI=1S/C28H24ClNO7/c1-3-34-18-8-5-16(6-9-18)25-24(26(31)20-14-19(35-4-2)10-11-21(20)29)27(32)28(33)30(25)17-7-12-22-23(13-17)37-15-36-22/h5-14,25,31H,3-4,15H2,1-2H3/b26-24+. The number of fused-ring (bicyclic) bond motifs is 1. The highest BCUT2D eigenvalue weighted by molar-refractivity contribution is 6.52. The molecule has 1 unspecified atom stereocenters. The molecule has 3 aromatic rings. The molecule has 0 radical (unpaired) electrons. The molecule has 1 fully saturated rings. The maximum Gasteiger partial charge on any atom is 0.300 e. The molecule has 190 valence electrons. The summed E-state index contributed by atoms with van der Waals surface area (Å²) in [7, 11) is 0. The van der Waals surface area contributed by atoms with Gasteiger partial charge in [-0.2, -0.15) is 0 Å². The number of hydrogen-bond donors (Lipinski definition) is 1. The van der Waals surface area contributed by atoms with Gasteiger partial charge in [-0.3, -0.25) is 14.5 Å². The van der Waals surface area contributed by atoms with Crippen LogP contribution >= 0.6 is 11.6 Å². The van der Waals surface area contributed by atoms with E-state index in [4.69, 9.17) is 30.5 Å². The van der Waals surface area contributed by atoms with Crippen LogP contribution in [0.1, 0.15) is 31.0 Å². The third kappa shape index (κ3) is 4.44. The average molecular weight is 522 g/mol. The van der Waals surface area contributed by atoms with E-state index < -0.39 is 23.5 Å². The van der Waals surface area contributed by atoms with Crippen molar-refractivity contribution in [3.8, 4) is 23.0 Å². The number of hydrogen-bond acceptors (Lipinski definition) is 7. The molecule has 3 aromatic carbocycles. The number of Topliss-reactive ketones (excluding diaryl/α,β-unsaturated/α-hetero) is 1. The van der Waals surface area contributed by atoms with E-state index in [9.17, 15) is 14.7 Å². The van der Waals surface area contributed by atoms with Crippen LogP contribution in [0.5, 0.6) is 23.0 Å².